The van der Waals surface area contributed by atoms with Gasteiger partial charge in [-0.2, -0.15) is 0 Å². The summed E-state index contributed by atoms with van der Waals surface area (Å²) in [5.74, 6) is 0.540. The zero-order valence-corrected chi connectivity index (χ0v) is 8.07. The molecule has 2 aromatic heterocycles. The summed E-state index contributed by atoms with van der Waals surface area (Å²) in [6, 6.07) is 6.39. The third-order valence-corrected chi connectivity index (χ3v) is 1.93. The Morgan fingerprint density at radius 1 is 0.875 bits per heavy atom. The van der Waals surface area contributed by atoms with E-state index >= 15 is 0 Å². The lowest BCUT2D eigenvalue weighted by Crippen LogP contribution is -2.16. The second kappa shape index (κ2) is 4.35. The van der Waals surface area contributed by atoms with E-state index in [0.717, 1.165) is 0 Å². The standard InChI is InChI=1S/C10H8N2O4/c13-11-9(7-3-1-5-15-7)10(12-14)8-4-2-6-16-8/h1-6,13-14H/b11-9-,12-10?. The largest absolute Gasteiger partial charge is 0.463 e. The number of oxime groups is 2. The summed E-state index contributed by atoms with van der Waals surface area (Å²) in [5, 5.41) is 23.8. The summed E-state index contributed by atoms with van der Waals surface area (Å²) in [6.45, 7) is 0. The molecule has 6 nitrogen and oxygen atoms in total. The predicted molar refractivity (Wildman–Crippen MR) is 54.1 cm³/mol. The SMILES string of the molecule is ON=C(/C(=N\O)c1ccco1)c1ccco1. The molecule has 0 spiro atoms. The fourth-order valence-corrected chi connectivity index (χ4v) is 1.25. The maximum atomic E-state index is 8.89. The first-order chi connectivity index (χ1) is 7.86. The molecule has 0 atom stereocenters. The highest BCUT2D eigenvalue weighted by atomic mass is 16.4. The van der Waals surface area contributed by atoms with E-state index in [2.05, 4.69) is 10.3 Å². The van der Waals surface area contributed by atoms with Gasteiger partial charge in [0.25, 0.3) is 0 Å². The van der Waals surface area contributed by atoms with Crippen molar-refractivity contribution < 1.29 is 19.2 Å². The average molecular weight is 220 g/mol. The lowest BCUT2D eigenvalue weighted by atomic mass is 10.1. The van der Waals surface area contributed by atoms with E-state index < -0.39 is 0 Å². The zero-order valence-electron chi connectivity index (χ0n) is 8.07. The molecule has 0 amide bonds. The van der Waals surface area contributed by atoms with Gasteiger partial charge in [0.1, 0.15) is 0 Å². The molecule has 0 unspecified atom stereocenters. The van der Waals surface area contributed by atoms with E-state index in [1.807, 2.05) is 0 Å². The first-order valence-corrected chi connectivity index (χ1v) is 4.39. The number of hydrogen-bond donors (Lipinski definition) is 2. The predicted octanol–water partition coefficient (Wildman–Crippen LogP) is 1.93. The van der Waals surface area contributed by atoms with E-state index in [4.69, 9.17) is 19.2 Å². The highest BCUT2D eigenvalue weighted by Crippen LogP contribution is 2.10. The lowest BCUT2D eigenvalue weighted by Gasteiger charge is -2.00. The Morgan fingerprint density at radius 2 is 1.31 bits per heavy atom. The molecule has 0 saturated carbocycles. The van der Waals surface area contributed by atoms with E-state index in [1.165, 1.54) is 12.5 Å². The van der Waals surface area contributed by atoms with Crippen LogP contribution in [0.3, 0.4) is 0 Å². The van der Waals surface area contributed by atoms with Crippen LogP contribution in [0, 0.1) is 0 Å². The Bertz CT molecular complexity index is 449. The molecule has 0 radical (unpaired) electrons. The zero-order chi connectivity index (χ0) is 11.4. The van der Waals surface area contributed by atoms with E-state index in [9.17, 15) is 0 Å². The number of rotatable bonds is 3. The van der Waals surface area contributed by atoms with Gasteiger partial charge in [-0.1, -0.05) is 10.3 Å². The Labute approximate surface area is 90.1 Å². The Hall–Kier alpha value is -2.50. The summed E-state index contributed by atoms with van der Waals surface area (Å²) in [7, 11) is 0. The van der Waals surface area contributed by atoms with Gasteiger partial charge in [0.05, 0.1) is 12.5 Å². The lowest BCUT2D eigenvalue weighted by molar-refractivity contribution is 0.312. The second-order valence-electron chi connectivity index (χ2n) is 2.85. The topological polar surface area (TPSA) is 91.5 Å². The maximum Gasteiger partial charge on any atom is 0.177 e. The van der Waals surface area contributed by atoms with Gasteiger partial charge >= 0.3 is 0 Å². The minimum absolute atomic E-state index is 0.0116. The minimum atomic E-state index is -0.0116. The van der Waals surface area contributed by atoms with Crippen molar-refractivity contribution in [2.45, 2.75) is 0 Å². The monoisotopic (exact) mass is 220 g/mol. The van der Waals surface area contributed by atoms with Crippen LogP contribution in [0.2, 0.25) is 0 Å². The molecule has 2 rings (SSSR count). The molecule has 0 bridgehead atoms. The minimum Gasteiger partial charge on any atom is -0.463 e. The molecule has 0 aliphatic rings. The summed E-state index contributed by atoms with van der Waals surface area (Å²) in [6.07, 6.45) is 2.83. The number of hydrogen-bond acceptors (Lipinski definition) is 6. The summed E-state index contributed by atoms with van der Waals surface area (Å²) >= 11 is 0. The van der Waals surface area contributed by atoms with Crippen molar-refractivity contribution in [3.05, 3.63) is 48.3 Å². The van der Waals surface area contributed by atoms with Crippen LogP contribution in [0.4, 0.5) is 0 Å². The first kappa shape index (κ1) is 10.0. The van der Waals surface area contributed by atoms with Crippen molar-refractivity contribution in [3.63, 3.8) is 0 Å². The number of furan rings is 2. The highest BCUT2D eigenvalue weighted by Gasteiger charge is 2.20. The molecule has 2 N–H and O–H groups in total. The van der Waals surface area contributed by atoms with Crippen LogP contribution in [0.15, 0.2) is 55.9 Å². The molecule has 82 valence electrons. The molecule has 0 aliphatic heterocycles. The van der Waals surface area contributed by atoms with Gasteiger partial charge < -0.3 is 19.2 Å². The van der Waals surface area contributed by atoms with Gasteiger partial charge in [0.2, 0.25) is 0 Å². The normalized spacial score (nSPS) is 13.0. The van der Waals surface area contributed by atoms with Gasteiger partial charge in [-0.05, 0) is 24.3 Å². The van der Waals surface area contributed by atoms with Crippen molar-refractivity contribution >= 4 is 11.4 Å². The Kier molecular flexibility index (Phi) is 2.73. The summed E-state index contributed by atoms with van der Waals surface area (Å²) in [5.41, 5.74) is -0.0232. The third kappa shape index (κ3) is 1.68. The van der Waals surface area contributed by atoms with Crippen molar-refractivity contribution in [1.29, 1.82) is 0 Å². The molecule has 16 heavy (non-hydrogen) atoms. The van der Waals surface area contributed by atoms with Crippen LogP contribution in [-0.4, -0.2) is 21.8 Å². The second-order valence-corrected chi connectivity index (χ2v) is 2.85. The third-order valence-electron chi connectivity index (χ3n) is 1.93. The van der Waals surface area contributed by atoms with Gasteiger partial charge in [-0.25, -0.2) is 0 Å². The molecule has 0 aliphatic carbocycles. The summed E-state index contributed by atoms with van der Waals surface area (Å²) in [4.78, 5) is 0. The van der Waals surface area contributed by atoms with Crippen molar-refractivity contribution in [1.82, 2.24) is 0 Å². The first-order valence-electron chi connectivity index (χ1n) is 4.39. The number of nitrogens with zero attached hydrogens (tertiary/aromatic N) is 2. The highest BCUT2D eigenvalue weighted by molar-refractivity contribution is 6.52. The van der Waals surface area contributed by atoms with Crippen molar-refractivity contribution in [2.75, 3.05) is 0 Å². The van der Waals surface area contributed by atoms with Crippen LogP contribution in [0.5, 0.6) is 0 Å². The van der Waals surface area contributed by atoms with Crippen LogP contribution >= 0.6 is 0 Å². The molecule has 0 fully saturated rings. The van der Waals surface area contributed by atoms with Crippen molar-refractivity contribution in [3.8, 4) is 0 Å². The fourth-order valence-electron chi connectivity index (χ4n) is 1.25. The van der Waals surface area contributed by atoms with Gasteiger partial charge in [-0.15, -0.1) is 0 Å². The molecule has 0 saturated heterocycles. The van der Waals surface area contributed by atoms with Crippen LogP contribution in [0.1, 0.15) is 11.5 Å². The van der Waals surface area contributed by atoms with Crippen LogP contribution in [0.25, 0.3) is 0 Å². The van der Waals surface area contributed by atoms with E-state index in [-0.39, 0.29) is 22.9 Å². The van der Waals surface area contributed by atoms with Crippen LogP contribution in [-0.2, 0) is 0 Å². The molecule has 6 heteroatoms. The van der Waals surface area contributed by atoms with E-state index in [1.54, 1.807) is 24.3 Å². The molecule has 0 aromatic carbocycles. The summed E-state index contributed by atoms with van der Waals surface area (Å²) < 4.78 is 10.1. The molecule has 2 aromatic rings. The van der Waals surface area contributed by atoms with E-state index in [0.29, 0.717) is 0 Å². The molecular weight excluding hydrogens is 212 g/mol. The van der Waals surface area contributed by atoms with Crippen LogP contribution < -0.4 is 0 Å². The maximum absolute atomic E-state index is 8.89. The average Bonchev–Trinajstić information content (AvgIpc) is 2.97. The van der Waals surface area contributed by atoms with Gasteiger partial charge in [0.15, 0.2) is 22.9 Å². The van der Waals surface area contributed by atoms with Gasteiger partial charge in [0, 0.05) is 0 Å². The fraction of sp³-hybridized carbons (Fsp3) is 0. The Balaban J connectivity index is 2.43. The van der Waals surface area contributed by atoms with Gasteiger partial charge in [-0.3, -0.25) is 0 Å². The molecule has 2 heterocycles. The van der Waals surface area contributed by atoms with Crippen molar-refractivity contribution in [2.24, 2.45) is 10.3 Å². The smallest absolute Gasteiger partial charge is 0.177 e. The Morgan fingerprint density at radius 3 is 1.56 bits per heavy atom. The quantitative estimate of drug-likeness (QED) is 0.469. The molecular formula is C10H8N2O4.